The van der Waals surface area contributed by atoms with E-state index in [9.17, 15) is 14.9 Å². The molecule has 0 radical (unpaired) electrons. The summed E-state index contributed by atoms with van der Waals surface area (Å²) in [7, 11) is 1.57. The Labute approximate surface area is 152 Å². The van der Waals surface area contributed by atoms with Gasteiger partial charge in [0, 0.05) is 17.2 Å². The van der Waals surface area contributed by atoms with Gasteiger partial charge in [-0.3, -0.25) is 14.9 Å². The Bertz CT molecular complexity index is 791. The maximum Gasteiger partial charge on any atom is 0.311 e. The normalized spacial score (nSPS) is 11.5. The Morgan fingerprint density at radius 3 is 2.54 bits per heavy atom. The van der Waals surface area contributed by atoms with Crippen molar-refractivity contribution in [3.63, 3.8) is 0 Å². The number of nitrogens with zero attached hydrogens (tertiary/aromatic N) is 1. The smallest absolute Gasteiger partial charge is 0.311 e. The number of nitro benzene ring substituents is 1. The highest BCUT2D eigenvalue weighted by Crippen LogP contribution is 2.30. The average Bonchev–Trinajstić information content (AvgIpc) is 2.66. The van der Waals surface area contributed by atoms with Gasteiger partial charge < -0.3 is 14.8 Å². The molecule has 0 saturated carbocycles. The van der Waals surface area contributed by atoms with Crippen LogP contribution in [0.1, 0.15) is 42.2 Å². The molecule has 0 aliphatic rings. The maximum atomic E-state index is 12.6. The van der Waals surface area contributed by atoms with E-state index in [1.807, 2.05) is 31.2 Å². The van der Waals surface area contributed by atoms with Gasteiger partial charge in [0.1, 0.15) is 5.75 Å². The second kappa shape index (κ2) is 8.84. The molecule has 2 aromatic carbocycles. The minimum Gasteiger partial charge on any atom is -0.496 e. The van der Waals surface area contributed by atoms with Gasteiger partial charge in [0.25, 0.3) is 5.91 Å². The van der Waals surface area contributed by atoms with Gasteiger partial charge in [-0.05, 0) is 31.5 Å². The Hall–Kier alpha value is -3.09. The number of carbonyl (C=O) groups is 1. The summed E-state index contributed by atoms with van der Waals surface area (Å²) in [6.45, 7) is 3.99. The van der Waals surface area contributed by atoms with E-state index in [0.717, 1.165) is 5.56 Å². The summed E-state index contributed by atoms with van der Waals surface area (Å²) in [4.78, 5) is 23.3. The molecular formula is C19H22N2O5. The molecular weight excluding hydrogens is 336 g/mol. The molecule has 26 heavy (non-hydrogen) atoms. The Balaban J connectivity index is 2.28. The van der Waals surface area contributed by atoms with E-state index in [1.165, 1.54) is 18.2 Å². The first kappa shape index (κ1) is 19.2. The molecule has 0 spiro atoms. The largest absolute Gasteiger partial charge is 0.496 e. The maximum absolute atomic E-state index is 12.6. The quantitative estimate of drug-likeness (QED) is 0.571. The lowest BCUT2D eigenvalue weighted by atomic mass is 10.0. The first-order valence-corrected chi connectivity index (χ1v) is 8.36. The van der Waals surface area contributed by atoms with Crippen LogP contribution in [0.3, 0.4) is 0 Å². The lowest BCUT2D eigenvalue weighted by Gasteiger charge is -2.20. The molecule has 1 atom stereocenters. The number of ether oxygens (including phenoxy) is 2. The summed E-state index contributed by atoms with van der Waals surface area (Å²) in [6, 6.07) is 11.4. The number of rotatable bonds is 8. The van der Waals surface area contributed by atoms with Crippen LogP contribution in [-0.4, -0.2) is 24.5 Å². The average molecular weight is 358 g/mol. The summed E-state index contributed by atoms with van der Waals surface area (Å²) in [5.74, 6) is 0.428. The van der Waals surface area contributed by atoms with Crippen LogP contribution in [0.4, 0.5) is 5.69 Å². The van der Waals surface area contributed by atoms with E-state index >= 15 is 0 Å². The zero-order valence-corrected chi connectivity index (χ0v) is 15.0. The molecule has 0 heterocycles. The van der Waals surface area contributed by atoms with Crippen molar-refractivity contribution in [3.8, 4) is 11.5 Å². The molecule has 0 fully saturated rings. The number of benzene rings is 2. The van der Waals surface area contributed by atoms with E-state index in [0.29, 0.717) is 18.8 Å². The summed E-state index contributed by atoms with van der Waals surface area (Å²) in [5.41, 5.74) is 0.824. The third kappa shape index (κ3) is 4.30. The topological polar surface area (TPSA) is 90.7 Å². The number of nitrogens with one attached hydrogen (secondary N) is 1. The van der Waals surface area contributed by atoms with Crippen molar-refractivity contribution in [1.82, 2.24) is 5.32 Å². The summed E-state index contributed by atoms with van der Waals surface area (Å²) < 4.78 is 10.6. The van der Waals surface area contributed by atoms with Gasteiger partial charge in [0.2, 0.25) is 0 Å². The van der Waals surface area contributed by atoms with E-state index < -0.39 is 10.8 Å². The third-order valence-corrected chi connectivity index (χ3v) is 3.95. The van der Waals surface area contributed by atoms with E-state index in [1.54, 1.807) is 14.0 Å². The van der Waals surface area contributed by atoms with Crippen molar-refractivity contribution >= 4 is 11.6 Å². The minimum absolute atomic E-state index is 0.144. The fourth-order valence-electron chi connectivity index (χ4n) is 2.67. The lowest BCUT2D eigenvalue weighted by Crippen LogP contribution is -2.28. The molecule has 1 N–H and O–H groups in total. The lowest BCUT2D eigenvalue weighted by molar-refractivity contribution is -0.385. The number of para-hydroxylation sites is 1. The number of hydrogen-bond donors (Lipinski definition) is 1. The van der Waals surface area contributed by atoms with Crippen LogP contribution in [-0.2, 0) is 0 Å². The minimum atomic E-state index is -0.556. The monoisotopic (exact) mass is 358 g/mol. The van der Waals surface area contributed by atoms with Gasteiger partial charge in [0.05, 0.1) is 24.7 Å². The zero-order chi connectivity index (χ0) is 19.1. The van der Waals surface area contributed by atoms with Crippen LogP contribution in [0.2, 0.25) is 0 Å². The summed E-state index contributed by atoms with van der Waals surface area (Å²) >= 11 is 0. The molecule has 0 aromatic heterocycles. The molecule has 2 rings (SSSR count). The number of amides is 1. The molecule has 0 bridgehead atoms. The molecule has 138 valence electrons. The van der Waals surface area contributed by atoms with E-state index in [4.69, 9.17) is 9.47 Å². The van der Waals surface area contributed by atoms with Crippen molar-refractivity contribution in [2.75, 3.05) is 13.7 Å². The third-order valence-electron chi connectivity index (χ3n) is 3.95. The highest BCUT2D eigenvalue weighted by Gasteiger charge is 2.21. The van der Waals surface area contributed by atoms with Gasteiger partial charge in [-0.15, -0.1) is 0 Å². The van der Waals surface area contributed by atoms with Gasteiger partial charge >= 0.3 is 5.69 Å². The fourth-order valence-corrected chi connectivity index (χ4v) is 2.67. The number of carbonyl (C=O) groups excluding carboxylic acids is 1. The van der Waals surface area contributed by atoms with Crippen LogP contribution >= 0.6 is 0 Å². The Morgan fingerprint density at radius 2 is 1.92 bits per heavy atom. The van der Waals surface area contributed by atoms with Crippen molar-refractivity contribution < 1.29 is 19.2 Å². The molecule has 0 aliphatic carbocycles. The number of nitro groups is 1. The Kier molecular flexibility index (Phi) is 6.54. The van der Waals surface area contributed by atoms with Gasteiger partial charge in [-0.2, -0.15) is 0 Å². The molecule has 0 saturated heterocycles. The van der Waals surface area contributed by atoms with Crippen LogP contribution in [0.25, 0.3) is 0 Å². The van der Waals surface area contributed by atoms with Crippen molar-refractivity contribution in [2.24, 2.45) is 0 Å². The van der Waals surface area contributed by atoms with Crippen LogP contribution in [0.5, 0.6) is 11.5 Å². The predicted molar refractivity (Wildman–Crippen MR) is 97.8 cm³/mol. The van der Waals surface area contributed by atoms with Gasteiger partial charge in [0.15, 0.2) is 5.75 Å². The second-order valence-electron chi connectivity index (χ2n) is 5.55. The first-order chi connectivity index (χ1) is 12.5. The van der Waals surface area contributed by atoms with E-state index in [-0.39, 0.29) is 23.0 Å². The van der Waals surface area contributed by atoms with Gasteiger partial charge in [-0.1, -0.05) is 25.1 Å². The number of hydrogen-bond acceptors (Lipinski definition) is 5. The molecule has 0 aliphatic heterocycles. The van der Waals surface area contributed by atoms with Gasteiger partial charge in [-0.25, -0.2) is 0 Å². The first-order valence-electron chi connectivity index (χ1n) is 8.36. The second-order valence-corrected chi connectivity index (χ2v) is 5.55. The molecule has 7 nitrogen and oxygen atoms in total. The molecule has 7 heteroatoms. The van der Waals surface area contributed by atoms with Crippen molar-refractivity contribution in [1.29, 1.82) is 0 Å². The zero-order valence-electron chi connectivity index (χ0n) is 15.0. The standard InChI is InChI=1S/C19H22N2O5/c1-4-15(14-8-6-7-9-17(14)25-3)20-19(22)13-10-11-18(26-5-2)16(12-13)21(23)24/h6-12,15H,4-5H2,1-3H3,(H,20,22). The number of methoxy groups -OCH3 is 1. The summed E-state index contributed by atoms with van der Waals surface area (Å²) in [6.07, 6.45) is 0.644. The van der Waals surface area contributed by atoms with Crippen LogP contribution in [0, 0.1) is 10.1 Å². The van der Waals surface area contributed by atoms with Crippen molar-refractivity contribution in [2.45, 2.75) is 26.3 Å². The molecule has 1 unspecified atom stereocenters. The summed E-state index contributed by atoms with van der Waals surface area (Å²) in [5, 5.41) is 14.1. The molecule has 1 amide bonds. The highest BCUT2D eigenvalue weighted by molar-refractivity contribution is 5.95. The SMILES string of the molecule is CCOc1ccc(C(=O)NC(CC)c2ccccc2OC)cc1[N+](=O)[O-]. The Morgan fingerprint density at radius 1 is 1.19 bits per heavy atom. The molecule has 2 aromatic rings. The fraction of sp³-hybridized carbons (Fsp3) is 0.316. The van der Waals surface area contributed by atoms with Crippen LogP contribution in [0.15, 0.2) is 42.5 Å². The van der Waals surface area contributed by atoms with Crippen molar-refractivity contribution in [3.05, 3.63) is 63.7 Å². The van der Waals surface area contributed by atoms with Crippen LogP contribution < -0.4 is 14.8 Å². The highest BCUT2D eigenvalue weighted by atomic mass is 16.6. The van der Waals surface area contributed by atoms with E-state index in [2.05, 4.69) is 5.32 Å². The predicted octanol–water partition coefficient (Wildman–Crippen LogP) is 3.88.